The lowest BCUT2D eigenvalue weighted by molar-refractivity contribution is -0.137. The van der Waals surface area contributed by atoms with Crippen LogP contribution >= 0.6 is 0 Å². The number of fused-ring (bicyclic) bond motifs is 7. The van der Waals surface area contributed by atoms with E-state index in [9.17, 15) is 14.9 Å². The first-order valence-electron chi connectivity index (χ1n) is 15.1. The highest BCUT2D eigenvalue weighted by molar-refractivity contribution is 5.97. The van der Waals surface area contributed by atoms with Crippen LogP contribution in [-0.2, 0) is 35.3 Å². The summed E-state index contributed by atoms with van der Waals surface area (Å²) in [5.41, 5.74) is 16.9. The van der Waals surface area contributed by atoms with Gasteiger partial charge in [0, 0.05) is 12.8 Å². The van der Waals surface area contributed by atoms with Crippen LogP contribution in [0.1, 0.15) is 79.2 Å². The summed E-state index contributed by atoms with van der Waals surface area (Å²) >= 11 is 0. The van der Waals surface area contributed by atoms with Crippen molar-refractivity contribution in [3.8, 4) is 39.8 Å². The molecule has 0 saturated heterocycles. The fourth-order valence-corrected chi connectivity index (χ4v) is 6.29. The van der Waals surface area contributed by atoms with Gasteiger partial charge in [-0.05, 0) is 133 Å². The third-order valence-corrected chi connectivity index (χ3v) is 8.38. The molecular weight excluding hydrogens is 528 g/mol. The van der Waals surface area contributed by atoms with Gasteiger partial charge >= 0.3 is 5.97 Å². The molecule has 42 heavy (non-hydrogen) atoms. The number of ether oxygens (including phenoxy) is 2. The van der Waals surface area contributed by atoms with E-state index in [0.717, 1.165) is 109 Å². The number of aryl methyl sites for hydroxylation is 2. The quantitative estimate of drug-likeness (QED) is 0.124. The molecule has 0 fully saturated rings. The van der Waals surface area contributed by atoms with Gasteiger partial charge in [0.25, 0.3) is 0 Å². The van der Waals surface area contributed by atoms with E-state index < -0.39 is 5.97 Å². The van der Waals surface area contributed by atoms with Crippen molar-refractivity contribution in [1.82, 2.24) is 0 Å². The van der Waals surface area contributed by atoms with Crippen LogP contribution in [0.4, 0.5) is 5.69 Å². The van der Waals surface area contributed by atoms with Gasteiger partial charge in [-0.25, -0.2) is 0 Å². The average molecular weight is 567 g/mol. The molecule has 3 N–H and O–H groups in total. The highest BCUT2D eigenvalue weighted by Crippen LogP contribution is 2.50. The molecule has 0 heterocycles. The standard InChI is InChI=1S/C35H38N2O5/c36-22-31-29-13-9-23-20-25(42-19-7-3-4-8-32(39)40)11-15-27(23)33(29)34-28-16-12-26(41-18-6-2-1-5-17-38)21-24(28)10-14-30(34)35(31)37/h11-12,15-17,20-21H,1-10,13-14,18-19,37H2,(H,39,40). The molecule has 7 heteroatoms. The Labute approximate surface area is 247 Å². The average Bonchev–Trinajstić information content (AvgIpc) is 3.00. The number of anilines is 1. The van der Waals surface area contributed by atoms with Crippen LogP contribution < -0.4 is 15.2 Å². The number of carboxylic acid groups (broad SMARTS) is 1. The summed E-state index contributed by atoms with van der Waals surface area (Å²) in [5, 5.41) is 18.9. The molecule has 218 valence electrons. The maximum Gasteiger partial charge on any atom is 0.303 e. The van der Waals surface area contributed by atoms with Gasteiger partial charge in [-0.3, -0.25) is 4.79 Å². The molecular formula is C35H38N2O5. The number of nitrogen functional groups attached to an aromatic ring is 1. The van der Waals surface area contributed by atoms with Gasteiger partial charge in [0.1, 0.15) is 23.9 Å². The van der Waals surface area contributed by atoms with E-state index in [1.54, 1.807) is 0 Å². The Morgan fingerprint density at radius 1 is 0.833 bits per heavy atom. The number of nitrogens with zero attached hydrogens (tertiary/aromatic N) is 1. The van der Waals surface area contributed by atoms with E-state index in [4.69, 9.17) is 20.3 Å². The third-order valence-electron chi connectivity index (χ3n) is 8.38. The number of benzene rings is 3. The molecule has 2 aliphatic carbocycles. The van der Waals surface area contributed by atoms with E-state index in [2.05, 4.69) is 30.3 Å². The summed E-state index contributed by atoms with van der Waals surface area (Å²) in [6.07, 6.45) is 9.99. The monoisotopic (exact) mass is 566 g/mol. The summed E-state index contributed by atoms with van der Waals surface area (Å²) < 4.78 is 12.1. The van der Waals surface area contributed by atoms with Crippen molar-refractivity contribution in [2.24, 2.45) is 0 Å². The smallest absolute Gasteiger partial charge is 0.303 e. The van der Waals surface area contributed by atoms with Crippen LogP contribution in [0.2, 0.25) is 0 Å². The van der Waals surface area contributed by atoms with Crippen molar-refractivity contribution in [3.63, 3.8) is 0 Å². The second-order valence-electron chi connectivity index (χ2n) is 11.2. The predicted octanol–water partition coefficient (Wildman–Crippen LogP) is 6.83. The first-order chi connectivity index (χ1) is 20.5. The summed E-state index contributed by atoms with van der Waals surface area (Å²) in [6.45, 7) is 1.18. The van der Waals surface area contributed by atoms with Crippen molar-refractivity contribution in [3.05, 3.63) is 64.2 Å². The minimum absolute atomic E-state index is 0.193. The maximum absolute atomic E-state index is 10.7. The number of nitrogens with two attached hydrogens (primary N) is 1. The minimum atomic E-state index is -0.760. The lowest BCUT2D eigenvalue weighted by atomic mass is 9.73. The maximum atomic E-state index is 10.7. The van der Waals surface area contributed by atoms with Crippen LogP contribution in [-0.4, -0.2) is 30.6 Å². The zero-order valence-corrected chi connectivity index (χ0v) is 24.0. The largest absolute Gasteiger partial charge is 0.494 e. The number of carbonyl (C=O) groups is 2. The minimum Gasteiger partial charge on any atom is -0.494 e. The molecule has 0 atom stereocenters. The number of carboxylic acids is 1. The summed E-state index contributed by atoms with van der Waals surface area (Å²) in [5.74, 6) is 0.909. The molecule has 0 spiro atoms. The second-order valence-corrected chi connectivity index (χ2v) is 11.2. The number of carbonyl (C=O) groups excluding carboxylic acids is 1. The Morgan fingerprint density at radius 2 is 1.40 bits per heavy atom. The Morgan fingerprint density at radius 3 is 1.98 bits per heavy atom. The Hall–Kier alpha value is -4.31. The van der Waals surface area contributed by atoms with Crippen molar-refractivity contribution in [2.45, 2.75) is 77.0 Å². The van der Waals surface area contributed by atoms with E-state index in [1.807, 2.05) is 12.1 Å². The number of unbranched alkanes of at least 4 members (excludes halogenated alkanes) is 5. The Kier molecular flexibility index (Phi) is 9.43. The van der Waals surface area contributed by atoms with E-state index in [1.165, 1.54) is 11.1 Å². The molecule has 0 saturated carbocycles. The van der Waals surface area contributed by atoms with Crippen LogP contribution in [0, 0.1) is 11.3 Å². The molecule has 0 aromatic heterocycles. The van der Waals surface area contributed by atoms with Crippen molar-refractivity contribution in [1.29, 1.82) is 5.26 Å². The molecule has 0 amide bonds. The highest BCUT2D eigenvalue weighted by atomic mass is 16.5. The topological polar surface area (TPSA) is 123 Å². The van der Waals surface area contributed by atoms with Crippen LogP contribution in [0.25, 0.3) is 22.3 Å². The van der Waals surface area contributed by atoms with E-state index >= 15 is 0 Å². The van der Waals surface area contributed by atoms with Crippen LogP contribution in [0.5, 0.6) is 11.5 Å². The molecule has 0 radical (unpaired) electrons. The number of nitriles is 1. The molecule has 2 aliphatic rings. The summed E-state index contributed by atoms with van der Waals surface area (Å²) in [7, 11) is 0. The van der Waals surface area contributed by atoms with Gasteiger partial charge in [0.2, 0.25) is 0 Å². The predicted molar refractivity (Wildman–Crippen MR) is 163 cm³/mol. The van der Waals surface area contributed by atoms with Gasteiger partial charge in [0.15, 0.2) is 0 Å². The second kappa shape index (κ2) is 13.6. The van der Waals surface area contributed by atoms with Gasteiger partial charge in [0.05, 0.1) is 24.5 Å². The molecule has 0 aliphatic heterocycles. The summed E-state index contributed by atoms with van der Waals surface area (Å²) in [4.78, 5) is 21.2. The molecule has 7 nitrogen and oxygen atoms in total. The van der Waals surface area contributed by atoms with Crippen molar-refractivity contribution >= 4 is 17.9 Å². The fraction of sp³-hybridized carbons (Fsp3) is 0.400. The zero-order chi connectivity index (χ0) is 29.5. The van der Waals surface area contributed by atoms with Crippen LogP contribution in [0.15, 0.2) is 36.4 Å². The molecule has 0 unspecified atom stereocenters. The van der Waals surface area contributed by atoms with Crippen LogP contribution in [0.3, 0.4) is 0 Å². The normalized spacial score (nSPS) is 12.7. The first-order valence-corrected chi connectivity index (χ1v) is 15.1. The number of hydrogen-bond acceptors (Lipinski definition) is 6. The molecule has 0 bridgehead atoms. The lowest BCUT2D eigenvalue weighted by Crippen LogP contribution is -2.16. The molecule has 5 rings (SSSR count). The number of aldehydes is 1. The number of hydrogen-bond donors (Lipinski definition) is 2. The lowest BCUT2D eigenvalue weighted by Gasteiger charge is -2.31. The molecule has 3 aromatic carbocycles. The van der Waals surface area contributed by atoms with Gasteiger partial charge in [-0.1, -0.05) is 12.1 Å². The van der Waals surface area contributed by atoms with E-state index in [0.29, 0.717) is 37.3 Å². The third kappa shape index (κ3) is 6.28. The number of aliphatic carboxylic acids is 1. The van der Waals surface area contributed by atoms with Crippen molar-refractivity contribution in [2.75, 3.05) is 18.9 Å². The number of rotatable bonds is 14. The van der Waals surface area contributed by atoms with E-state index in [-0.39, 0.29) is 6.42 Å². The first kappa shape index (κ1) is 29.2. The molecule has 3 aromatic rings. The van der Waals surface area contributed by atoms with Gasteiger partial charge in [-0.2, -0.15) is 5.26 Å². The van der Waals surface area contributed by atoms with Gasteiger partial charge < -0.3 is 25.1 Å². The Bertz CT molecular complexity index is 1520. The fourth-order valence-electron chi connectivity index (χ4n) is 6.29. The zero-order valence-electron chi connectivity index (χ0n) is 24.0. The highest BCUT2D eigenvalue weighted by Gasteiger charge is 2.31. The van der Waals surface area contributed by atoms with Crippen molar-refractivity contribution < 1.29 is 24.2 Å². The summed E-state index contributed by atoms with van der Waals surface area (Å²) in [6, 6.07) is 14.9. The van der Waals surface area contributed by atoms with Gasteiger partial charge in [-0.15, -0.1) is 0 Å². The SMILES string of the molecule is N#Cc1c(N)c2c(c3c1CCc1cc(OCCCCCC(=O)O)ccc1-3)-c1ccc(OCCCCCC=O)cc1CC2. The Balaban J connectivity index is 1.41.